The lowest BCUT2D eigenvalue weighted by molar-refractivity contribution is -0.117. The summed E-state index contributed by atoms with van der Waals surface area (Å²) in [5.41, 5.74) is 0.736. The number of anilines is 2. The molecular weight excluding hydrogens is 331 g/mol. The highest BCUT2D eigenvalue weighted by atomic mass is 35.5. The number of hydrogen-bond donors (Lipinski definition) is 2. The van der Waals surface area contributed by atoms with Crippen LogP contribution >= 0.6 is 34.5 Å². The van der Waals surface area contributed by atoms with E-state index in [9.17, 15) is 4.79 Å². The summed E-state index contributed by atoms with van der Waals surface area (Å²) in [6.07, 6.45) is 0.615. The van der Waals surface area contributed by atoms with Gasteiger partial charge in [-0.05, 0) is 31.5 Å². The first-order chi connectivity index (χ1) is 9.99. The maximum atomic E-state index is 12.2. The van der Waals surface area contributed by atoms with E-state index in [1.807, 2.05) is 13.8 Å². The molecule has 0 aliphatic carbocycles. The summed E-state index contributed by atoms with van der Waals surface area (Å²) in [6.45, 7) is 3.75. The number of carbonyl (C=O) groups excluding carboxylic acids is 1. The van der Waals surface area contributed by atoms with Crippen molar-refractivity contribution in [1.29, 1.82) is 0 Å². The number of aromatic nitrogens is 2. The quantitative estimate of drug-likeness (QED) is 0.860. The van der Waals surface area contributed by atoms with E-state index in [1.54, 1.807) is 18.2 Å². The van der Waals surface area contributed by atoms with E-state index in [0.717, 1.165) is 10.7 Å². The van der Waals surface area contributed by atoms with Gasteiger partial charge in [-0.3, -0.25) is 10.1 Å². The number of amides is 1. The summed E-state index contributed by atoms with van der Waals surface area (Å²) in [6, 6.07) is 4.76. The van der Waals surface area contributed by atoms with Crippen molar-refractivity contribution in [3.05, 3.63) is 33.3 Å². The molecule has 1 heterocycles. The third-order valence-electron chi connectivity index (χ3n) is 2.74. The van der Waals surface area contributed by atoms with Gasteiger partial charge in [-0.2, -0.15) is 0 Å². The van der Waals surface area contributed by atoms with Gasteiger partial charge in [0.05, 0.1) is 10.0 Å². The van der Waals surface area contributed by atoms with E-state index in [4.69, 9.17) is 23.2 Å². The van der Waals surface area contributed by atoms with Crippen LogP contribution in [0.2, 0.25) is 10.0 Å². The minimum absolute atomic E-state index is 0.167. The first-order valence-corrected chi connectivity index (χ1v) is 7.89. The molecule has 0 fully saturated rings. The summed E-state index contributed by atoms with van der Waals surface area (Å²) in [5, 5.41) is 15.8. The van der Waals surface area contributed by atoms with E-state index in [2.05, 4.69) is 20.8 Å². The molecule has 0 unspecified atom stereocenters. The Morgan fingerprint density at radius 1 is 1.33 bits per heavy atom. The van der Waals surface area contributed by atoms with Crippen molar-refractivity contribution in [2.45, 2.75) is 26.3 Å². The van der Waals surface area contributed by atoms with Crippen molar-refractivity contribution >= 4 is 51.3 Å². The van der Waals surface area contributed by atoms with E-state index >= 15 is 0 Å². The lowest BCUT2D eigenvalue weighted by atomic mass is 10.2. The van der Waals surface area contributed by atoms with Crippen LogP contribution in [0.3, 0.4) is 0 Å². The van der Waals surface area contributed by atoms with Gasteiger partial charge in [0.1, 0.15) is 11.0 Å². The Balaban J connectivity index is 2.04. The molecule has 1 aromatic heterocycles. The number of rotatable bonds is 5. The predicted octanol–water partition coefficient (Wildman–Crippen LogP) is 3.98. The normalized spacial score (nSPS) is 12.0. The van der Waals surface area contributed by atoms with Crippen LogP contribution in [-0.4, -0.2) is 22.1 Å². The van der Waals surface area contributed by atoms with Crippen LogP contribution in [0.25, 0.3) is 0 Å². The Bertz CT molecular complexity index is 647. The minimum atomic E-state index is -0.397. The average Bonchev–Trinajstić information content (AvgIpc) is 2.85. The van der Waals surface area contributed by atoms with Crippen molar-refractivity contribution < 1.29 is 4.79 Å². The summed E-state index contributed by atoms with van der Waals surface area (Å²) in [4.78, 5) is 12.2. The highest BCUT2D eigenvalue weighted by Crippen LogP contribution is 2.25. The molecule has 0 aliphatic rings. The molecule has 112 valence electrons. The van der Waals surface area contributed by atoms with Gasteiger partial charge < -0.3 is 5.32 Å². The second kappa shape index (κ2) is 7.06. The molecule has 8 heteroatoms. The largest absolute Gasteiger partial charge is 0.374 e. The van der Waals surface area contributed by atoms with E-state index < -0.39 is 6.04 Å². The predicted molar refractivity (Wildman–Crippen MR) is 87.4 cm³/mol. The van der Waals surface area contributed by atoms with Gasteiger partial charge in [0.15, 0.2) is 0 Å². The molecule has 2 aromatic rings. The Hall–Kier alpha value is -1.37. The van der Waals surface area contributed by atoms with E-state index in [1.165, 1.54) is 11.3 Å². The standard InChI is InChI=1S/C13H14Cl2N4OS/c1-3-11(12(20)17-13-19-18-7(2)21-13)16-8-4-5-9(14)10(15)6-8/h4-6,11,16H,3H2,1-2H3,(H,17,19,20)/t11-/m0/s1. The van der Waals surface area contributed by atoms with Crippen LogP contribution < -0.4 is 10.6 Å². The van der Waals surface area contributed by atoms with Gasteiger partial charge in [0, 0.05) is 5.69 Å². The van der Waals surface area contributed by atoms with Gasteiger partial charge in [0.25, 0.3) is 0 Å². The fourth-order valence-corrected chi connectivity index (χ4v) is 2.57. The van der Waals surface area contributed by atoms with Crippen molar-refractivity contribution in [3.63, 3.8) is 0 Å². The fraction of sp³-hybridized carbons (Fsp3) is 0.308. The molecule has 0 bridgehead atoms. The SMILES string of the molecule is CC[C@H](Nc1ccc(Cl)c(Cl)c1)C(=O)Nc1nnc(C)s1. The van der Waals surface area contributed by atoms with Crippen molar-refractivity contribution in [1.82, 2.24) is 10.2 Å². The summed E-state index contributed by atoms with van der Waals surface area (Å²) < 4.78 is 0. The van der Waals surface area contributed by atoms with Crippen LogP contribution in [0.15, 0.2) is 18.2 Å². The molecule has 1 atom stereocenters. The Morgan fingerprint density at radius 3 is 2.67 bits per heavy atom. The van der Waals surface area contributed by atoms with Crippen molar-refractivity contribution in [2.24, 2.45) is 0 Å². The Morgan fingerprint density at radius 2 is 2.10 bits per heavy atom. The number of nitrogens with zero attached hydrogens (tertiary/aromatic N) is 2. The number of hydrogen-bond acceptors (Lipinski definition) is 5. The first kappa shape index (κ1) is 16.0. The molecule has 0 saturated heterocycles. The van der Waals surface area contributed by atoms with Gasteiger partial charge in [0.2, 0.25) is 11.0 Å². The van der Waals surface area contributed by atoms with E-state index in [0.29, 0.717) is 21.6 Å². The topological polar surface area (TPSA) is 66.9 Å². The molecular formula is C13H14Cl2N4OS. The molecule has 2 rings (SSSR count). The molecule has 21 heavy (non-hydrogen) atoms. The lowest BCUT2D eigenvalue weighted by Crippen LogP contribution is -2.34. The van der Waals surface area contributed by atoms with Gasteiger partial charge >= 0.3 is 0 Å². The third-order valence-corrected chi connectivity index (χ3v) is 4.23. The van der Waals surface area contributed by atoms with Crippen LogP contribution in [0, 0.1) is 6.92 Å². The third kappa shape index (κ3) is 4.30. The van der Waals surface area contributed by atoms with Crippen molar-refractivity contribution in [3.8, 4) is 0 Å². The number of aryl methyl sites for hydroxylation is 1. The maximum absolute atomic E-state index is 12.2. The molecule has 0 saturated carbocycles. The highest BCUT2D eigenvalue weighted by molar-refractivity contribution is 7.15. The zero-order chi connectivity index (χ0) is 15.4. The first-order valence-electron chi connectivity index (χ1n) is 6.32. The minimum Gasteiger partial charge on any atom is -0.374 e. The van der Waals surface area contributed by atoms with Gasteiger partial charge in [-0.25, -0.2) is 0 Å². The lowest BCUT2D eigenvalue weighted by Gasteiger charge is -2.17. The van der Waals surface area contributed by atoms with Gasteiger partial charge in [-0.15, -0.1) is 10.2 Å². The molecule has 1 aromatic carbocycles. The average molecular weight is 345 g/mol. The van der Waals surface area contributed by atoms with Crippen LogP contribution in [0.5, 0.6) is 0 Å². The molecule has 5 nitrogen and oxygen atoms in total. The van der Waals surface area contributed by atoms with E-state index in [-0.39, 0.29) is 5.91 Å². The zero-order valence-corrected chi connectivity index (χ0v) is 13.8. The van der Waals surface area contributed by atoms with Crippen LogP contribution in [0.4, 0.5) is 10.8 Å². The van der Waals surface area contributed by atoms with Crippen molar-refractivity contribution in [2.75, 3.05) is 10.6 Å². The summed E-state index contributed by atoms with van der Waals surface area (Å²) in [5.74, 6) is -0.167. The number of halogens is 2. The monoisotopic (exact) mass is 344 g/mol. The molecule has 0 spiro atoms. The maximum Gasteiger partial charge on any atom is 0.248 e. The second-order valence-corrected chi connectivity index (χ2v) is 6.35. The molecule has 2 N–H and O–H groups in total. The van der Waals surface area contributed by atoms with Crippen LogP contribution in [-0.2, 0) is 4.79 Å². The highest BCUT2D eigenvalue weighted by Gasteiger charge is 2.18. The number of carbonyl (C=O) groups is 1. The Labute approximate surface area is 136 Å². The molecule has 1 amide bonds. The summed E-state index contributed by atoms with van der Waals surface area (Å²) >= 11 is 13.2. The Kier molecular flexibility index (Phi) is 5.39. The molecule has 0 aliphatic heterocycles. The van der Waals surface area contributed by atoms with Gasteiger partial charge in [-0.1, -0.05) is 41.5 Å². The number of nitrogens with one attached hydrogen (secondary N) is 2. The summed E-state index contributed by atoms with van der Waals surface area (Å²) in [7, 11) is 0. The fourth-order valence-electron chi connectivity index (χ4n) is 1.68. The number of benzene rings is 1. The second-order valence-electron chi connectivity index (χ2n) is 4.35. The van der Waals surface area contributed by atoms with Crippen LogP contribution in [0.1, 0.15) is 18.4 Å². The smallest absolute Gasteiger partial charge is 0.248 e. The zero-order valence-electron chi connectivity index (χ0n) is 11.5. The molecule has 0 radical (unpaired) electrons.